The Morgan fingerprint density at radius 3 is 2.53 bits per heavy atom. The maximum Gasteiger partial charge on any atom is 0.282 e. The summed E-state index contributed by atoms with van der Waals surface area (Å²) >= 11 is 0. The highest BCUT2D eigenvalue weighted by Crippen LogP contribution is 2.29. The second-order valence-electron chi connectivity index (χ2n) is 8.04. The van der Waals surface area contributed by atoms with Crippen LogP contribution in [0.5, 0.6) is 0 Å². The fourth-order valence-corrected chi connectivity index (χ4v) is 4.10. The summed E-state index contributed by atoms with van der Waals surface area (Å²) in [6, 6.07) is 6.26. The smallest absolute Gasteiger partial charge is 0.282 e. The van der Waals surface area contributed by atoms with Crippen molar-refractivity contribution in [1.82, 2.24) is 25.2 Å². The van der Waals surface area contributed by atoms with Crippen LogP contribution in [0.2, 0.25) is 0 Å². The minimum atomic E-state index is -2.83. The lowest BCUT2D eigenvalue weighted by atomic mass is 10.1. The molecular weight excluding hydrogens is 449 g/mol. The first kappa shape index (κ1) is 23.7. The number of piperazine rings is 1. The average molecular weight is 474 g/mol. The zero-order valence-electron chi connectivity index (χ0n) is 18.9. The first-order valence-corrected chi connectivity index (χ1v) is 11.0. The third-order valence-electron chi connectivity index (χ3n) is 5.97. The number of amides is 1. The molecule has 1 aliphatic heterocycles. The monoisotopic (exact) mass is 474 g/mol. The molecule has 0 spiro atoms. The van der Waals surface area contributed by atoms with Crippen LogP contribution in [0.15, 0.2) is 29.1 Å². The fourth-order valence-electron chi connectivity index (χ4n) is 4.10. The second kappa shape index (κ2) is 9.80. The normalized spacial score (nSPS) is 14.7. The average Bonchev–Trinajstić information content (AvgIpc) is 2.85. The molecule has 1 amide bonds. The molecule has 1 aliphatic rings. The van der Waals surface area contributed by atoms with Crippen molar-refractivity contribution >= 4 is 22.6 Å². The van der Waals surface area contributed by atoms with E-state index in [1.54, 1.807) is 17.0 Å². The predicted molar refractivity (Wildman–Crippen MR) is 122 cm³/mol. The number of hydrogen-bond acceptors (Lipinski definition) is 6. The van der Waals surface area contributed by atoms with Gasteiger partial charge in [0.15, 0.2) is 5.82 Å². The zero-order chi connectivity index (χ0) is 24.4. The number of benzene rings is 1. The number of carbonyl (C=O) groups is 1. The molecule has 180 valence electrons. The molecule has 3 aromatic rings. The number of anilines is 1. The molecule has 2 aromatic heterocycles. The largest absolute Gasteiger partial charge is 0.367 e. The second-order valence-corrected chi connectivity index (χ2v) is 8.04. The number of alkyl halides is 2. The highest BCUT2D eigenvalue weighted by Gasteiger charge is 2.25. The Morgan fingerprint density at radius 1 is 1.15 bits per heavy atom. The fraction of sp³-hybridized carbons (Fsp3) is 0.391. The number of H-pyrrole nitrogens is 1. The van der Waals surface area contributed by atoms with E-state index in [1.165, 1.54) is 19.2 Å². The van der Waals surface area contributed by atoms with Crippen LogP contribution in [-0.2, 0) is 13.0 Å². The number of nitrogens with one attached hydrogen (secondary N) is 2. The molecule has 0 bridgehead atoms. The summed E-state index contributed by atoms with van der Waals surface area (Å²) < 4.78 is 42.4. The van der Waals surface area contributed by atoms with Gasteiger partial charge in [-0.1, -0.05) is 13.0 Å². The van der Waals surface area contributed by atoms with Crippen molar-refractivity contribution in [3.8, 4) is 0 Å². The Labute approximate surface area is 193 Å². The van der Waals surface area contributed by atoms with Gasteiger partial charge in [-0.3, -0.25) is 14.5 Å². The van der Waals surface area contributed by atoms with Crippen LogP contribution in [0.1, 0.15) is 40.8 Å². The van der Waals surface area contributed by atoms with Crippen LogP contribution in [0.3, 0.4) is 0 Å². The molecule has 1 saturated heterocycles. The number of pyridine rings is 1. The minimum absolute atomic E-state index is 0.0643. The van der Waals surface area contributed by atoms with Gasteiger partial charge in [0.05, 0.1) is 11.2 Å². The van der Waals surface area contributed by atoms with E-state index in [4.69, 9.17) is 0 Å². The summed E-state index contributed by atoms with van der Waals surface area (Å²) in [4.78, 5) is 38.3. The van der Waals surface area contributed by atoms with Gasteiger partial charge in [0.25, 0.3) is 17.9 Å². The standard InChI is InChI=1S/C23H25F3N6O2/c1-3-14-23(34)30-19-15(28-14)5-4-13(18(19)24)12-31-8-10-32(11-9-31)17-7-6-16(22(33)27-2)29-20(17)21(25)26/h4-7,21H,3,8-12H2,1-2H3,(H,27,33)(H,30,34). The molecule has 0 atom stereocenters. The third kappa shape index (κ3) is 4.60. The Bertz CT molecular complexity index is 1270. The van der Waals surface area contributed by atoms with Gasteiger partial charge in [0.2, 0.25) is 0 Å². The van der Waals surface area contributed by atoms with Gasteiger partial charge in [-0.2, -0.15) is 0 Å². The summed E-state index contributed by atoms with van der Waals surface area (Å²) in [7, 11) is 1.41. The molecule has 0 unspecified atom stereocenters. The molecule has 34 heavy (non-hydrogen) atoms. The molecule has 1 fully saturated rings. The topological polar surface area (TPSA) is 94.2 Å². The van der Waals surface area contributed by atoms with E-state index in [-0.39, 0.29) is 16.9 Å². The van der Waals surface area contributed by atoms with Crippen LogP contribution < -0.4 is 15.8 Å². The minimum Gasteiger partial charge on any atom is -0.367 e. The summed E-state index contributed by atoms with van der Waals surface area (Å²) in [5.74, 6) is -1.04. The maximum atomic E-state index is 15.1. The predicted octanol–water partition coefficient (Wildman–Crippen LogP) is 2.64. The maximum absolute atomic E-state index is 15.1. The van der Waals surface area contributed by atoms with Gasteiger partial charge >= 0.3 is 0 Å². The first-order valence-electron chi connectivity index (χ1n) is 11.0. The van der Waals surface area contributed by atoms with Crippen molar-refractivity contribution in [1.29, 1.82) is 0 Å². The third-order valence-corrected chi connectivity index (χ3v) is 5.97. The molecule has 4 rings (SSSR count). The van der Waals surface area contributed by atoms with Crippen molar-refractivity contribution in [3.05, 3.63) is 63.1 Å². The van der Waals surface area contributed by atoms with E-state index in [9.17, 15) is 18.4 Å². The lowest BCUT2D eigenvalue weighted by Crippen LogP contribution is -2.46. The quantitative estimate of drug-likeness (QED) is 0.571. The van der Waals surface area contributed by atoms with E-state index in [1.807, 2.05) is 11.8 Å². The molecule has 0 radical (unpaired) electrons. The number of nitrogens with zero attached hydrogens (tertiary/aromatic N) is 4. The van der Waals surface area contributed by atoms with Gasteiger partial charge < -0.3 is 15.2 Å². The summed E-state index contributed by atoms with van der Waals surface area (Å²) in [6.45, 7) is 4.03. The van der Waals surface area contributed by atoms with Crippen molar-refractivity contribution in [3.63, 3.8) is 0 Å². The van der Waals surface area contributed by atoms with Gasteiger partial charge in [0.1, 0.15) is 22.6 Å². The van der Waals surface area contributed by atoms with Gasteiger partial charge in [-0.05, 0) is 24.6 Å². The summed E-state index contributed by atoms with van der Waals surface area (Å²) in [6.07, 6.45) is -2.37. The molecule has 8 nitrogen and oxygen atoms in total. The van der Waals surface area contributed by atoms with Crippen molar-refractivity contribution in [2.75, 3.05) is 38.1 Å². The van der Waals surface area contributed by atoms with Crippen LogP contribution in [0.25, 0.3) is 11.0 Å². The van der Waals surface area contributed by atoms with E-state index in [0.717, 1.165) is 0 Å². The van der Waals surface area contributed by atoms with Crippen LogP contribution in [0, 0.1) is 5.82 Å². The Kier molecular flexibility index (Phi) is 6.82. The Balaban J connectivity index is 1.48. The van der Waals surface area contributed by atoms with Crippen LogP contribution in [-0.4, -0.2) is 59.0 Å². The number of aromatic nitrogens is 3. The van der Waals surface area contributed by atoms with Gasteiger partial charge in [-0.15, -0.1) is 0 Å². The Morgan fingerprint density at radius 2 is 1.88 bits per heavy atom. The lowest BCUT2D eigenvalue weighted by Gasteiger charge is -2.36. The first-order chi connectivity index (χ1) is 16.3. The summed E-state index contributed by atoms with van der Waals surface area (Å²) in [5.41, 5.74) is 0.657. The van der Waals surface area contributed by atoms with Crippen molar-refractivity contribution in [2.45, 2.75) is 26.3 Å². The van der Waals surface area contributed by atoms with Gasteiger partial charge in [0, 0.05) is 45.3 Å². The van der Waals surface area contributed by atoms with Crippen molar-refractivity contribution in [2.24, 2.45) is 0 Å². The SMILES string of the molecule is CCc1nc2ccc(CN3CCN(c4ccc(C(=O)NC)nc4C(F)F)CC3)c(F)c2[nH]c1=O. The van der Waals surface area contributed by atoms with Crippen LogP contribution in [0.4, 0.5) is 18.9 Å². The lowest BCUT2D eigenvalue weighted by molar-refractivity contribution is 0.0956. The van der Waals surface area contributed by atoms with E-state index in [0.29, 0.717) is 55.9 Å². The van der Waals surface area contributed by atoms with Gasteiger partial charge in [-0.25, -0.2) is 23.1 Å². The van der Waals surface area contributed by atoms with Crippen LogP contribution >= 0.6 is 0 Å². The molecular formula is C23H25F3N6O2. The number of aromatic amines is 1. The molecule has 0 aliphatic carbocycles. The number of rotatable bonds is 6. The number of hydrogen-bond donors (Lipinski definition) is 2. The molecule has 2 N–H and O–H groups in total. The summed E-state index contributed by atoms with van der Waals surface area (Å²) in [5, 5.41) is 2.38. The van der Waals surface area contributed by atoms with Crippen molar-refractivity contribution < 1.29 is 18.0 Å². The molecule has 1 aromatic carbocycles. The van der Waals surface area contributed by atoms with E-state index in [2.05, 4.69) is 20.3 Å². The molecule has 3 heterocycles. The Hall–Kier alpha value is -3.47. The molecule has 11 heteroatoms. The highest BCUT2D eigenvalue weighted by molar-refractivity contribution is 5.92. The highest BCUT2D eigenvalue weighted by atomic mass is 19.3. The number of carbonyl (C=O) groups excluding carboxylic acids is 1. The number of aryl methyl sites for hydroxylation is 1. The number of fused-ring (bicyclic) bond motifs is 1. The molecule has 0 saturated carbocycles. The zero-order valence-corrected chi connectivity index (χ0v) is 18.9. The number of halogens is 3. The van der Waals surface area contributed by atoms with E-state index < -0.39 is 29.4 Å². The van der Waals surface area contributed by atoms with E-state index >= 15 is 4.39 Å².